The molecular formula is C21H21N3O3. The second-order valence-electron chi connectivity index (χ2n) is 6.10. The van der Waals surface area contributed by atoms with Gasteiger partial charge in [-0.2, -0.15) is 5.10 Å². The highest BCUT2D eigenvalue weighted by atomic mass is 16.3. The van der Waals surface area contributed by atoms with Crippen LogP contribution in [0.1, 0.15) is 5.56 Å². The third-order valence-corrected chi connectivity index (χ3v) is 4.16. The van der Waals surface area contributed by atoms with Gasteiger partial charge in [-0.3, -0.25) is 9.59 Å². The predicted octanol–water partition coefficient (Wildman–Crippen LogP) is 1.93. The van der Waals surface area contributed by atoms with Crippen LogP contribution in [0.15, 0.2) is 77.6 Å². The SMILES string of the molecule is O=C(Cn1nc(-c2ccccc2)ccc1=O)N(CCO)Cc1ccccc1. The summed E-state index contributed by atoms with van der Waals surface area (Å²) in [5.41, 5.74) is 2.11. The quantitative estimate of drug-likeness (QED) is 0.696. The molecule has 1 heterocycles. The molecule has 27 heavy (non-hydrogen) atoms. The lowest BCUT2D eigenvalue weighted by atomic mass is 10.1. The molecule has 0 aliphatic rings. The van der Waals surface area contributed by atoms with E-state index in [2.05, 4.69) is 5.10 Å². The van der Waals surface area contributed by atoms with E-state index in [-0.39, 0.29) is 31.2 Å². The van der Waals surface area contributed by atoms with Crippen molar-refractivity contribution in [3.63, 3.8) is 0 Å². The van der Waals surface area contributed by atoms with Crippen LogP contribution in [0.3, 0.4) is 0 Å². The number of aromatic nitrogens is 2. The average molecular weight is 363 g/mol. The Morgan fingerprint density at radius 2 is 1.63 bits per heavy atom. The molecule has 2 aromatic carbocycles. The number of aliphatic hydroxyl groups is 1. The van der Waals surface area contributed by atoms with Crippen LogP contribution >= 0.6 is 0 Å². The first-order valence-corrected chi connectivity index (χ1v) is 8.73. The largest absolute Gasteiger partial charge is 0.395 e. The first kappa shape index (κ1) is 18.5. The van der Waals surface area contributed by atoms with Gasteiger partial charge in [0.2, 0.25) is 5.91 Å². The molecule has 0 aliphatic heterocycles. The van der Waals surface area contributed by atoms with E-state index < -0.39 is 0 Å². The zero-order valence-corrected chi connectivity index (χ0v) is 14.9. The minimum Gasteiger partial charge on any atom is -0.395 e. The van der Waals surface area contributed by atoms with Crippen LogP contribution in [0.5, 0.6) is 0 Å². The molecule has 138 valence electrons. The number of aliphatic hydroxyl groups excluding tert-OH is 1. The number of carbonyl (C=O) groups excluding carboxylic acids is 1. The van der Waals surface area contributed by atoms with Crippen LogP contribution in [0, 0.1) is 0 Å². The minimum absolute atomic E-state index is 0.148. The molecule has 0 atom stereocenters. The average Bonchev–Trinajstić information content (AvgIpc) is 2.71. The van der Waals surface area contributed by atoms with Crippen molar-refractivity contribution < 1.29 is 9.90 Å². The maximum absolute atomic E-state index is 12.7. The molecule has 1 aromatic heterocycles. The zero-order chi connectivity index (χ0) is 19.1. The molecule has 0 radical (unpaired) electrons. The van der Waals surface area contributed by atoms with Gasteiger partial charge in [0.05, 0.1) is 12.3 Å². The summed E-state index contributed by atoms with van der Waals surface area (Å²) in [6, 6.07) is 22.1. The Kier molecular flexibility index (Phi) is 6.12. The van der Waals surface area contributed by atoms with Crippen molar-refractivity contribution in [2.75, 3.05) is 13.2 Å². The Hall–Kier alpha value is -3.25. The Bertz CT molecular complexity index is 940. The Morgan fingerprint density at radius 1 is 0.963 bits per heavy atom. The van der Waals surface area contributed by atoms with Gasteiger partial charge in [-0.05, 0) is 11.6 Å². The van der Waals surface area contributed by atoms with Crippen LogP contribution in [-0.2, 0) is 17.9 Å². The number of hydrogen-bond donors (Lipinski definition) is 1. The molecule has 6 heteroatoms. The summed E-state index contributed by atoms with van der Waals surface area (Å²) in [4.78, 5) is 26.4. The standard InChI is InChI=1S/C21H21N3O3/c25-14-13-23(15-17-7-3-1-4-8-17)21(27)16-24-20(26)12-11-19(22-24)18-9-5-2-6-10-18/h1-12,25H,13-16H2. The summed E-state index contributed by atoms with van der Waals surface area (Å²) in [5, 5.41) is 13.6. The summed E-state index contributed by atoms with van der Waals surface area (Å²) < 4.78 is 1.17. The third kappa shape index (κ3) is 4.89. The normalized spacial score (nSPS) is 10.6. The smallest absolute Gasteiger partial charge is 0.267 e. The van der Waals surface area contributed by atoms with Crippen LogP contribution in [0.2, 0.25) is 0 Å². The molecule has 0 bridgehead atoms. The third-order valence-electron chi connectivity index (χ3n) is 4.16. The molecule has 0 fully saturated rings. The molecule has 3 aromatic rings. The molecule has 0 unspecified atom stereocenters. The van der Waals surface area contributed by atoms with Crippen molar-refractivity contribution in [3.05, 3.63) is 88.7 Å². The lowest BCUT2D eigenvalue weighted by Gasteiger charge is -2.22. The lowest BCUT2D eigenvalue weighted by molar-refractivity contribution is -0.133. The monoisotopic (exact) mass is 363 g/mol. The van der Waals surface area contributed by atoms with E-state index in [9.17, 15) is 14.7 Å². The van der Waals surface area contributed by atoms with Crippen molar-refractivity contribution in [2.24, 2.45) is 0 Å². The first-order valence-electron chi connectivity index (χ1n) is 8.73. The van der Waals surface area contributed by atoms with E-state index in [1.807, 2.05) is 60.7 Å². The number of rotatable bonds is 7. The number of nitrogens with zero attached hydrogens (tertiary/aromatic N) is 3. The van der Waals surface area contributed by atoms with Gasteiger partial charge in [-0.25, -0.2) is 4.68 Å². The summed E-state index contributed by atoms with van der Waals surface area (Å²) in [7, 11) is 0. The van der Waals surface area contributed by atoms with E-state index >= 15 is 0 Å². The van der Waals surface area contributed by atoms with E-state index in [0.717, 1.165) is 11.1 Å². The fraction of sp³-hybridized carbons (Fsp3) is 0.190. The van der Waals surface area contributed by atoms with Gasteiger partial charge in [-0.1, -0.05) is 60.7 Å². The number of amides is 1. The van der Waals surface area contributed by atoms with Crippen LogP contribution < -0.4 is 5.56 Å². The van der Waals surface area contributed by atoms with Gasteiger partial charge in [0.15, 0.2) is 0 Å². The second kappa shape index (κ2) is 8.91. The predicted molar refractivity (Wildman–Crippen MR) is 103 cm³/mol. The zero-order valence-electron chi connectivity index (χ0n) is 14.9. The Balaban J connectivity index is 1.80. The van der Waals surface area contributed by atoms with Gasteiger partial charge in [0, 0.05) is 24.7 Å². The fourth-order valence-corrected chi connectivity index (χ4v) is 2.77. The summed E-state index contributed by atoms with van der Waals surface area (Å²) in [5.74, 6) is -0.271. The van der Waals surface area contributed by atoms with Crippen molar-refractivity contribution in [1.82, 2.24) is 14.7 Å². The number of hydrogen-bond acceptors (Lipinski definition) is 4. The lowest BCUT2D eigenvalue weighted by Crippen LogP contribution is -2.38. The Labute approximate surface area is 157 Å². The molecule has 6 nitrogen and oxygen atoms in total. The molecule has 0 saturated heterocycles. The van der Waals surface area contributed by atoms with E-state index in [0.29, 0.717) is 12.2 Å². The van der Waals surface area contributed by atoms with Crippen molar-refractivity contribution in [2.45, 2.75) is 13.1 Å². The van der Waals surface area contributed by atoms with E-state index in [4.69, 9.17) is 0 Å². The molecule has 1 amide bonds. The van der Waals surface area contributed by atoms with E-state index in [1.165, 1.54) is 15.6 Å². The maximum Gasteiger partial charge on any atom is 0.267 e. The summed E-state index contributed by atoms with van der Waals surface area (Å²) in [6.07, 6.45) is 0. The topological polar surface area (TPSA) is 75.4 Å². The second-order valence-corrected chi connectivity index (χ2v) is 6.10. The highest BCUT2D eigenvalue weighted by Crippen LogP contribution is 2.14. The molecule has 0 saturated carbocycles. The van der Waals surface area contributed by atoms with Gasteiger partial charge >= 0.3 is 0 Å². The molecule has 3 rings (SSSR count). The minimum atomic E-state index is -0.341. The van der Waals surface area contributed by atoms with Gasteiger partial charge in [0.1, 0.15) is 6.54 Å². The molecular weight excluding hydrogens is 342 g/mol. The molecule has 0 aliphatic carbocycles. The maximum atomic E-state index is 12.7. The van der Waals surface area contributed by atoms with Crippen LogP contribution in [0.4, 0.5) is 0 Å². The highest BCUT2D eigenvalue weighted by Gasteiger charge is 2.16. The van der Waals surface area contributed by atoms with Crippen molar-refractivity contribution >= 4 is 5.91 Å². The Morgan fingerprint density at radius 3 is 2.30 bits per heavy atom. The van der Waals surface area contributed by atoms with E-state index in [1.54, 1.807) is 6.07 Å². The summed E-state index contributed by atoms with van der Waals surface area (Å²) in [6.45, 7) is 0.242. The summed E-state index contributed by atoms with van der Waals surface area (Å²) >= 11 is 0. The molecule has 1 N–H and O–H groups in total. The molecule has 0 spiro atoms. The fourth-order valence-electron chi connectivity index (χ4n) is 2.77. The van der Waals surface area contributed by atoms with Crippen LogP contribution in [0.25, 0.3) is 11.3 Å². The van der Waals surface area contributed by atoms with Gasteiger partial charge in [0.25, 0.3) is 5.56 Å². The van der Waals surface area contributed by atoms with Crippen molar-refractivity contribution in [3.8, 4) is 11.3 Å². The van der Waals surface area contributed by atoms with Gasteiger partial charge < -0.3 is 10.0 Å². The van der Waals surface area contributed by atoms with Crippen molar-refractivity contribution in [1.29, 1.82) is 0 Å². The highest BCUT2D eigenvalue weighted by molar-refractivity contribution is 5.76. The van der Waals surface area contributed by atoms with Gasteiger partial charge in [-0.15, -0.1) is 0 Å². The first-order chi connectivity index (χ1) is 13.2. The number of carbonyl (C=O) groups is 1. The number of benzene rings is 2. The van der Waals surface area contributed by atoms with Crippen LogP contribution in [-0.4, -0.2) is 38.8 Å².